The summed E-state index contributed by atoms with van der Waals surface area (Å²) in [5.74, 6) is 0. The van der Waals surface area contributed by atoms with Crippen molar-refractivity contribution < 1.29 is 5.11 Å². The van der Waals surface area contributed by atoms with Gasteiger partial charge in [0, 0.05) is 6.61 Å². The zero-order valence-corrected chi connectivity index (χ0v) is 9.63. The van der Waals surface area contributed by atoms with E-state index in [2.05, 4.69) is 32.1 Å². The highest BCUT2D eigenvalue weighted by molar-refractivity contribution is 5.02. The second kappa shape index (κ2) is 10.5. The maximum absolute atomic E-state index is 8.64. The van der Waals surface area contributed by atoms with E-state index in [1.165, 1.54) is 24.8 Å². The fraction of sp³-hybridized carbons (Fsp3) is 0.692. The van der Waals surface area contributed by atoms with Crippen LogP contribution in [0.15, 0.2) is 23.8 Å². The zero-order chi connectivity index (χ0) is 10.6. The van der Waals surface area contributed by atoms with E-state index >= 15 is 0 Å². The Kier molecular flexibility index (Phi) is 10.1. The van der Waals surface area contributed by atoms with Gasteiger partial charge in [0.05, 0.1) is 0 Å². The highest BCUT2D eigenvalue weighted by Gasteiger charge is 1.87. The Morgan fingerprint density at radius 2 is 2.00 bits per heavy atom. The molecule has 0 fully saturated rings. The van der Waals surface area contributed by atoms with Crippen LogP contribution in [0.4, 0.5) is 0 Å². The first-order valence-corrected chi connectivity index (χ1v) is 5.72. The van der Waals surface area contributed by atoms with Gasteiger partial charge in [0.1, 0.15) is 0 Å². The Hall–Kier alpha value is -0.560. The molecule has 0 aliphatic carbocycles. The van der Waals surface area contributed by atoms with E-state index in [4.69, 9.17) is 5.11 Å². The standard InChI is InChI=1S/C13H24O/c1-3-4-5-6-7-8-10-13(2)11-9-12-14/h6-7,10,14H,3-5,8-9,11-12H2,1-2H3/b7-6+,13-10+. The first-order valence-electron chi connectivity index (χ1n) is 5.72. The second-order valence-electron chi connectivity index (χ2n) is 3.73. The molecule has 0 unspecified atom stereocenters. The molecule has 1 heteroatoms. The van der Waals surface area contributed by atoms with Crippen molar-refractivity contribution >= 4 is 0 Å². The molecule has 0 amide bonds. The molecule has 0 aromatic carbocycles. The lowest BCUT2D eigenvalue weighted by molar-refractivity contribution is 0.288. The van der Waals surface area contributed by atoms with Gasteiger partial charge in [-0.2, -0.15) is 0 Å². The minimum atomic E-state index is 0.303. The van der Waals surface area contributed by atoms with Gasteiger partial charge in [-0.25, -0.2) is 0 Å². The van der Waals surface area contributed by atoms with Crippen molar-refractivity contribution in [3.05, 3.63) is 23.8 Å². The summed E-state index contributed by atoms with van der Waals surface area (Å²) in [5.41, 5.74) is 1.39. The van der Waals surface area contributed by atoms with Crippen LogP contribution in [0.5, 0.6) is 0 Å². The summed E-state index contributed by atoms with van der Waals surface area (Å²) < 4.78 is 0. The van der Waals surface area contributed by atoms with Crippen LogP contribution in [-0.4, -0.2) is 11.7 Å². The molecule has 0 aromatic heterocycles. The van der Waals surface area contributed by atoms with Gasteiger partial charge in [0.25, 0.3) is 0 Å². The molecular formula is C13H24O. The van der Waals surface area contributed by atoms with Crippen molar-refractivity contribution in [3.63, 3.8) is 0 Å². The van der Waals surface area contributed by atoms with Crippen LogP contribution < -0.4 is 0 Å². The van der Waals surface area contributed by atoms with E-state index in [0.29, 0.717) is 6.61 Å². The topological polar surface area (TPSA) is 20.2 Å². The van der Waals surface area contributed by atoms with Crippen molar-refractivity contribution in [2.75, 3.05) is 6.61 Å². The normalized spacial score (nSPS) is 12.6. The third-order valence-corrected chi connectivity index (χ3v) is 2.22. The Bertz CT molecular complexity index is 168. The van der Waals surface area contributed by atoms with Crippen LogP contribution in [0.3, 0.4) is 0 Å². The number of unbranched alkanes of at least 4 members (excludes halogenated alkanes) is 2. The van der Waals surface area contributed by atoms with Crippen LogP contribution >= 0.6 is 0 Å². The molecule has 0 spiro atoms. The number of rotatable bonds is 8. The highest BCUT2D eigenvalue weighted by atomic mass is 16.2. The number of aliphatic hydroxyl groups excluding tert-OH is 1. The predicted molar refractivity (Wildman–Crippen MR) is 63.4 cm³/mol. The quantitative estimate of drug-likeness (QED) is 0.462. The Balaban J connectivity index is 3.44. The number of hydrogen-bond acceptors (Lipinski definition) is 1. The summed E-state index contributed by atoms with van der Waals surface area (Å²) in [5, 5.41) is 8.64. The predicted octanol–water partition coefficient (Wildman–Crippen LogP) is 3.84. The van der Waals surface area contributed by atoms with E-state index in [1.807, 2.05) is 0 Å². The summed E-state index contributed by atoms with van der Waals surface area (Å²) in [4.78, 5) is 0. The van der Waals surface area contributed by atoms with Gasteiger partial charge in [-0.05, 0) is 32.6 Å². The highest BCUT2D eigenvalue weighted by Crippen LogP contribution is 2.05. The zero-order valence-electron chi connectivity index (χ0n) is 9.63. The smallest absolute Gasteiger partial charge is 0.0434 e. The van der Waals surface area contributed by atoms with Gasteiger partial charge in [0.15, 0.2) is 0 Å². The second-order valence-corrected chi connectivity index (χ2v) is 3.73. The van der Waals surface area contributed by atoms with Crippen molar-refractivity contribution in [1.29, 1.82) is 0 Å². The lowest BCUT2D eigenvalue weighted by Gasteiger charge is -1.97. The molecule has 0 bridgehead atoms. The Morgan fingerprint density at radius 3 is 2.64 bits per heavy atom. The summed E-state index contributed by atoms with van der Waals surface area (Å²) in [6.45, 7) is 4.65. The Labute approximate surface area is 88.5 Å². The third kappa shape index (κ3) is 9.53. The van der Waals surface area contributed by atoms with Crippen molar-refractivity contribution in [1.82, 2.24) is 0 Å². The lowest BCUT2D eigenvalue weighted by atomic mass is 10.1. The van der Waals surface area contributed by atoms with E-state index in [0.717, 1.165) is 19.3 Å². The SMILES string of the molecule is CCCC/C=C/C/C=C(\C)CCCO. The maximum atomic E-state index is 8.64. The molecule has 0 aromatic rings. The van der Waals surface area contributed by atoms with Gasteiger partial charge in [-0.3, -0.25) is 0 Å². The summed E-state index contributed by atoms with van der Waals surface area (Å²) in [6.07, 6.45) is 13.5. The van der Waals surface area contributed by atoms with Crippen LogP contribution in [0, 0.1) is 0 Å². The Morgan fingerprint density at radius 1 is 1.21 bits per heavy atom. The molecule has 0 aliphatic heterocycles. The van der Waals surface area contributed by atoms with Crippen LogP contribution in [0.1, 0.15) is 52.4 Å². The largest absolute Gasteiger partial charge is 0.396 e. The fourth-order valence-electron chi connectivity index (χ4n) is 1.27. The molecule has 1 nitrogen and oxygen atoms in total. The van der Waals surface area contributed by atoms with Crippen molar-refractivity contribution in [2.24, 2.45) is 0 Å². The van der Waals surface area contributed by atoms with E-state index in [-0.39, 0.29) is 0 Å². The van der Waals surface area contributed by atoms with Gasteiger partial charge >= 0.3 is 0 Å². The molecule has 0 saturated carbocycles. The van der Waals surface area contributed by atoms with E-state index in [9.17, 15) is 0 Å². The monoisotopic (exact) mass is 196 g/mol. The summed E-state index contributed by atoms with van der Waals surface area (Å²) in [6, 6.07) is 0. The van der Waals surface area contributed by atoms with Crippen molar-refractivity contribution in [2.45, 2.75) is 52.4 Å². The summed E-state index contributed by atoms with van der Waals surface area (Å²) in [7, 11) is 0. The van der Waals surface area contributed by atoms with Crippen LogP contribution in [0.25, 0.3) is 0 Å². The van der Waals surface area contributed by atoms with Gasteiger partial charge in [-0.1, -0.05) is 43.6 Å². The lowest BCUT2D eigenvalue weighted by Crippen LogP contribution is -1.83. The molecule has 14 heavy (non-hydrogen) atoms. The number of hydrogen-bond donors (Lipinski definition) is 1. The van der Waals surface area contributed by atoms with Gasteiger partial charge < -0.3 is 5.11 Å². The summed E-state index contributed by atoms with van der Waals surface area (Å²) >= 11 is 0. The molecule has 0 saturated heterocycles. The average Bonchev–Trinajstić information content (AvgIpc) is 2.20. The molecule has 0 rings (SSSR count). The fourth-order valence-corrected chi connectivity index (χ4v) is 1.27. The number of allylic oxidation sites excluding steroid dienone is 4. The third-order valence-electron chi connectivity index (χ3n) is 2.22. The van der Waals surface area contributed by atoms with E-state index < -0.39 is 0 Å². The van der Waals surface area contributed by atoms with Crippen LogP contribution in [-0.2, 0) is 0 Å². The maximum Gasteiger partial charge on any atom is 0.0434 e. The molecule has 0 aliphatic rings. The van der Waals surface area contributed by atoms with Crippen LogP contribution in [0.2, 0.25) is 0 Å². The molecular weight excluding hydrogens is 172 g/mol. The molecule has 0 radical (unpaired) electrons. The molecule has 1 N–H and O–H groups in total. The number of aliphatic hydroxyl groups is 1. The molecule has 0 heterocycles. The van der Waals surface area contributed by atoms with E-state index in [1.54, 1.807) is 0 Å². The van der Waals surface area contributed by atoms with Gasteiger partial charge in [-0.15, -0.1) is 0 Å². The first kappa shape index (κ1) is 13.4. The first-order chi connectivity index (χ1) is 6.81. The minimum Gasteiger partial charge on any atom is -0.396 e. The average molecular weight is 196 g/mol. The minimum absolute atomic E-state index is 0.303. The van der Waals surface area contributed by atoms with Gasteiger partial charge in [0.2, 0.25) is 0 Å². The molecule has 0 atom stereocenters. The van der Waals surface area contributed by atoms with Crippen molar-refractivity contribution in [3.8, 4) is 0 Å². The molecule has 82 valence electrons.